The first-order valence-corrected chi connectivity index (χ1v) is 9.77. The van der Waals surface area contributed by atoms with Gasteiger partial charge in [-0.05, 0) is 43.9 Å². The molecular formula is C21H34N2O4. The maximum atomic E-state index is 12.7. The molecule has 0 radical (unpaired) electrons. The van der Waals surface area contributed by atoms with Crippen LogP contribution in [0.15, 0.2) is 24.3 Å². The summed E-state index contributed by atoms with van der Waals surface area (Å²) >= 11 is 0. The van der Waals surface area contributed by atoms with Crippen LogP contribution in [0.2, 0.25) is 0 Å². The smallest absolute Gasteiger partial charge is 0.302 e. The average molecular weight is 379 g/mol. The van der Waals surface area contributed by atoms with E-state index >= 15 is 0 Å². The van der Waals surface area contributed by atoms with E-state index in [2.05, 4.69) is 24.4 Å². The molecule has 1 rings (SSSR count). The number of carbonyl (C=O) groups excluding carboxylic acids is 2. The maximum absolute atomic E-state index is 12.7. The molecule has 0 heterocycles. The summed E-state index contributed by atoms with van der Waals surface area (Å²) < 4.78 is 4.90. The van der Waals surface area contributed by atoms with Gasteiger partial charge in [0.05, 0.1) is 12.7 Å². The van der Waals surface area contributed by atoms with Gasteiger partial charge in [-0.3, -0.25) is 9.59 Å². The van der Waals surface area contributed by atoms with Crippen molar-refractivity contribution < 1.29 is 19.4 Å². The molecule has 0 saturated carbocycles. The number of aliphatic hydroxyl groups is 1. The van der Waals surface area contributed by atoms with Gasteiger partial charge in [0.1, 0.15) is 0 Å². The van der Waals surface area contributed by atoms with Gasteiger partial charge in [-0.2, -0.15) is 0 Å². The molecule has 1 aromatic carbocycles. The van der Waals surface area contributed by atoms with E-state index < -0.39 is 6.10 Å². The highest BCUT2D eigenvalue weighted by Gasteiger charge is 2.17. The van der Waals surface area contributed by atoms with E-state index in [9.17, 15) is 14.7 Å². The molecule has 6 nitrogen and oxygen atoms in total. The lowest BCUT2D eigenvalue weighted by molar-refractivity contribution is -0.141. The molecule has 0 aliphatic heterocycles. The van der Waals surface area contributed by atoms with Crippen LogP contribution in [0, 0.1) is 0 Å². The molecular weight excluding hydrogens is 344 g/mol. The number of hydrogen-bond acceptors (Lipinski definition) is 5. The topological polar surface area (TPSA) is 78.9 Å². The predicted molar refractivity (Wildman–Crippen MR) is 106 cm³/mol. The quantitative estimate of drug-likeness (QED) is 0.407. The van der Waals surface area contributed by atoms with E-state index in [1.165, 1.54) is 12.5 Å². The van der Waals surface area contributed by atoms with Crippen molar-refractivity contribution >= 4 is 11.9 Å². The van der Waals surface area contributed by atoms with Gasteiger partial charge in [-0.25, -0.2) is 0 Å². The van der Waals surface area contributed by atoms with Crippen LogP contribution in [-0.4, -0.2) is 54.7 Å². The molecule has 0 spiro atoms. The third-order valence-corrected chi connectivity index (χ3v) is 4.34. The number of benzene rings is 1. The van der Waals surface area contributed by atoms with Crippen LogP contribution in [0.25, 0.3) is 0 Å². The lowest BCUT2D eigenvalue weighted by Gasteiger charge is -2.26. The summed E-state index contributed by atoms with van der Waals surface area (Å²) in [5.74, 6) is -0.232. The van der Waals surface area contributed by atoms with Crippen LogP contribution in [-0.2, 0) is 27.3 Å². The first kappa shape index (κ1) is 23.1. The Balaban J connectivity index is 2.58. The van der Waals surface area contributed by atoms with Gasteiger partial charge >= 0.3 is 5.97 Å². The standard InChI is InChI=1S/C21H34N2O4/c1-4-18-9-8-10-19(13-18)15-23(16-20(25)14-22-3)21(26)11-6-5-7-12-27-17(2)24/h8-10,13,20,22,25H,4-7,11-12,14-16H2,1-3H3. The predicted octanol–water partition coefficient (Wildman–Crippen LogP) is 2.28. The molecule has 0 bridgehead atoms. The van der Waals surface area contributed by atoms with Crippen LogP contribution in [0.5, 0.6) is 0 Å². The van der Waals surface area contributed by atoms with Gasteiger partial charge in [-0.1, -0.05) is 31.2 Å². The van der Waals surface area contributed by atoms with Crippen molar-refractivity contribution in [3.8, 4) is 0 Å². The van der Waals surface area contributed by atoms with Gasteiger partial charge in [0.2, 0.25) is 5.91 Å². The van der Waals surface area contributed by atoms with E-state index in [1.807, 2.05) is 12.1 Å². The zero-order valence-electron chi connectivity index (χ0n) is 16.9. The third-order valence-electron chi connectivity index (χ3n) is 4.34. The number of nitrogens with zero attached hydrogens (tertiary/aromatic N) is 1. The van der Waals surface area contributed by atoms with Crippen molar-refractivity contribution in [3.05, 3.63) is 35.4 Å². The number of likely N-dealkylation sites (N-methyl/N-ethyl adjacent to an activating group) is 1. The number of amides is 1. The fraction of sp³-hybridized carbons (Fsp3) is 0.619. The summed E-state index contributed by atoms with van der Waals surface area (Å²) in [5, 5.41) is 13.1. The SMILES string of the molecule is CCc1cccc(CN(CC(O)CNC)C(=O)CCCCCOC(C)=O)c1. The molecule has 0 aliphatic carbocycles. The van der Waals surface area contributed by atoms with E-state index in [0.29, 0.717) is 32.7 Å². The number of esters is 1. The second-order valence-electron chi connectivity index (χ2n) is 6.81. The molecule has 152 valence electrons. The second kappa shape index (κ2) is 13.3. The molecule has 1 atom stereocenters. The fourth-order valence-corrected chi connectivity index (χ4v) is 2.91. The number of carbonyl (C=O) groups is 2. The third kappa shape index (κ3) is 10.1. The van der Waals surface area contributed by atoms with Gasteiger partial charge in [-0.15, -0.1) is 0 Å². The van der Waals surface area contributed by atoms with E-state index in [-0.39, 0.29) is 11.9 Å². The highest BCUT2D eigenvalue weighted by atomic mass is 16.5. The minimum absolute atomic E-state index is 0.0412. The number of rotatable bonds is 13. The summed E-state index contributed by atoms with van der Waals surface area (Å²) in [7, 11) is 1.78. The number of hydrogen-bond donors (Lipinski definition) is 2. The lowest BCUT2D eigenvalue weighted by Crippen LogP contribution is -2.40. The second-order valence-corrected chi connectivity index (χ2v) is 6.81. The molecule has 0 fully saturated rings. The Bertz CT molecular complexity index is 577. The molecule has 0 aliphatic rings. The highest BCUT2D eigenvalue weighted by molar-refractivity contribution is 5.76. The van der Waals surface area contributed by atoms with Crippen molar-refractivity contribution in [3.63, 3.8) is 0 Å². The zero-order chi connectivity index (χ0) is 20.1. The normalized spacial score (nSPS) is 11.9. The number of aliphatic hydroxyl groups excluding tert-OH is 1. The molecule has 0 saturated heterocycles. The van der Waals surface area contributed by atoms with Crippen LogP contribution in [0.3, 0.4) is 0 Å². The van der Waals surface area contributed by atoms with Crippen LogP contribution in [0.4, 0.5) is 0 Å². The highest BCUT2D eigenvalue weighted by Crippen LogP contribution is 2.12. The number of aryl methyl sites for hydroxylation is 1. The summed E-state index contributed by atoms with van der Waals surface area (Å²) in [6.45, 7) is 5.16. The Morgan fingerprint density at radius 2 is 1.96 bits per heavy atom. The zero-order valence-corrected chi connectivity index (χ0v) is 16.9. The Kier molecular flexibility index (Phi) is 11.4. The molecule has 6 heteroatoms. The largest absolute Gasteiger partial charge is 0.466 e. The molecule has 1 unspecified atom stereocenters. The number of nitrogens with one attached hydrogen (secondary N) is 1. The minimum atomic E-state index is -0.600. The van der Waals surface area contributed by atoms with Crippen LogP contribution in [0.1, 0.15) is 50.7 Å². The van der Waals surface area contributed by atoms with Crippen molar-refractivity contribution in [1.29, 1.82) is 0 Å². The van der Waals surface area contributed by atoms with Crippen LogP contribution < -0.4 is 5.32 Å². The average Bonchev–Trinajstić information content (AvgIpc) is 2.64. The minimum Gasteiger partial charge on any atom is -0.466 e. The van der Waals surface area contributed by atoms with E-state index in [1.54, 1.807) is 11.9 Å². The molecule has 1 amide bonds. The van der Waals surface area contributed by atoms with Crippen molar-refractivity contribution in [2.24, 2.45) is 0 Å². The Morgan fingerprint density at radius 1 is 1.22 bits per heavy atom. The monoisotopic (exact) mass is 378 g/mol. The number of ether oxygens (including phenoxy) is 1. The van der Waals surface area contributed by atoms with Crippen molar-refractivity contribution in [1.82, 2.24) is 10.2 Å². The fourth-order valence-electron chi connectivity index (χ4n) is 2.91. The Labute approximate surface area is 162 Å². The molecule has 1 aromatic rings. The summed E-state index contributed by atoms with van der Waals surface area (Å²) in [6, 6.07) is 8.22. The van der Waals surface area contributed by atoms with E-state index in [4.69, 9.17) is 4.74 Å². The number of unbranched alkanes of at least 4 members (excludes halogenated alkanes) is 2. The van der Waals surface area contributed by atoms with Crippen molar-refractivity contribution in [2.75, 3.05) is 26.7 Å². The van der Waals surface area contributed by atoms with Crippen LogP contribution >= 0.6 is 0 Å². The van der Waals surface area contributed by atoms with Crippen molar-refractivity contribution in [2.45, 2.75) is 58.6 Å². The summed E-state index contributed by atoms with van der Waals surface area (Å²) in [6.07, 6.45) is 3.11. The summed E-state index contributed by atoms with van der Waals surface area (Å²) in [5.41, 5.74) is 2.32. The van der Waals surface area contributed by atoms with Gasteiger partial charge in [0.25, 0.3) is 0 Å². The summed E-state index contributed by atoms with van der Waals surface area (Å²) in [4.78, 5) is 25.2. The van der Waals surface area contributed by atoms with Gasteiger partial charge in [0.15, 0.2) is 0 Å². The van der Waals surface area contributed by atoms with Gasteiger partial charge < -0.3 is 20.1 Å². The molecule has 2 N–H and O–H groups in total. The van der Waals surface area contributed by atoms with Gasteiger partial charge in [0, 0.05) is 33.0 Å². The first-order valence-electron chi connectivity index (χ1n) is 9.77. The maximum Gasteiger partial charge on any atom is 0.302 e. The Morgan fingerprint density at radius 3 is 2.63 bits per heavy atom. The van der Waals surface area contributed by atoms with E-state index in [0.717, 1.165) is 31.2 Å². The molecule has 27 heavy (non-hydrogen) atoms. The first-order chi connectivity index (χ1) is 13.0. The molecule has 0 aromatic heterocycles. The lowest BCUT2D eigenvalue weighted by atomic mass is 10.1. The Hall–Kier alpha value is -1.92.